The van der Waals surface area contributed by atoms with Crippen LogP contribution in [0.4, 0.5) is 0 Å². The lowest BCUT2D eigenvalue weighted by atomic mass is 9.96. The summed E-state index contributed by atoms with van der Waals surface area (Å²) in [6.45, 7) is 1.02. The van der Waals surface area contributed by atoms with Crippen molar-refractivity contribution in [2.45, 2.75) is 30.5 Å². The molecule has 1 atom stereocenters. The molecule has 0 bridgehead atoms. The molecule has 2 amide bonds. The van der Waals surface area contributed by atoms with Gasteiger partial charge in [-0.2, -0.15) is 5.10 Å². The summed E-state index contributed by atoms with van der Waals surface area (Å²) in [6.07, 6.45) is 2.90. The topological polar surface area (TPSA) is 116 Å². The van der Waals surface area contributed by atoms with Gasteiger partial charge in [0.2, 0.25) is 11.8 Å². The molecule has 5 rings (SSSR count). The van der Waals surface area contributed by atoms with Crippen LogP contribution in [0.1, 0.15) is 25.3 Å². The van der Waals surface area contributed by atoms with E-state index in [9.17, 15) is 14.4 Å². The monoisotopic (exact) mass is 472 g/mol. The standard InChI is InChI=1S/C21H21ClN6O3S/c22-13-2-1-3-14(8-13)28-19-16(10-24-28)20(31)27-15(11-32-21(27)25-19)9-17(29)26-6-4-12(5-7-26)18(23)30/h1-3,8,10,12,15H,4-7,9,11H2,(H2,23,30). The lowest BCUT2D eigenvalue weighted by Gasteiger charge is -2.31. The molecule has 3 aromatic rings. The number of amides is 2. The highest BCUT2D eigenvalue weighted by Crippen LogP contribution is 2.34. The van der Waals surface area contributed by atoms with Gasteiger partial charge in [0.25, 0.3) is 5.56 Å². The predicted molar refractivity (Wildman–Crippen MR) is 121 cm³/mol. The van der Waals surface area contributed by atoms with E-state index < -0.39 is 0 Å². The Morgan fingerprint density at radius 1 is 1.25 bits per heavy atom. The van der Waals surface area contributed by atoms with Gasteiger partial charge in [-0.1, -0.05) is 29.4 Å². The molecule has 11 heteroatoms. The van der Waals surface area contributed by atoms with Crippen molar-refractivity contribution in [1.29, 1.82) is 0 Å². The average molecular weight is 473 g/mol. The SMILES string of the molecule is NC(=O)C1CCN(C(=O)CC2CSc3nc4c(cnn4-c4cccc(Cl)c4)c(=O)n32)CC1. The van der Waals surface area contributed by atoms with Gasteiger partial charge in [0.1, 0.15) is 5.39 Å². The molecular formula is C21H21ClN6O3S. The summed E-state index contributed by atoms with van der Waals surface area (Å²) in [7, 11) is 0. The first kappa shape index (κ1) is 21.0. The molecule has 0 spiro atoms. The van der Waals surface area contributed by atoms with Crippen LogP contribution in [0, 0.1) is 5.92 Å². The summed E-state index contributed by atoms with van der Waals surface area (Å²) >= 11 is 7.56. The van der Waals surface area contributed by atoms with E-state index in [-0.39, 0.29) is 35.8 Å². The van der Waals surface area contributed by atoms with Crippen LogP contribution in [0.2, 0.25) is 5.02 Å². The maximum absolute atomic E-state index is 13.3. The van der Waals surface area contributed by atoms with E-state index in [1.165, 1.54) is 18.0 Å². The lowest BCUT2D eigenvalue weighted by Crippen LogP contribution is -2.42. The first-order valence-electron chi connectivity index (χ1n) is 10.4. The summed E-state index contributed by atoms with van der Waals surface area (Å²) < 4.78 is 3.22. The molecule has 0 aliphatic carbocycles. The molecule has 166 valence electrons. The molecule has 1 unspecified atom stereocenters. The van der Waals surface area contributed by atoms with Gasteiger partial charge in [-0.3, -0.25) is 19.0 Å². The Hall–Kier alpha value is -2.85. The third kappa shape index (κ3) is 3.67. The van der Waals surface area contributed by atoms with E-state index >= 15 is 0 Å². The van der Waals surface area contributed by atoms with Crippen molar-refractivity contribution in [3.63, 3.8) is 0 Å². The number of likely N-dealkylation sites (tertiary alicyclic amines) is 1. The zero-order valence-corrected chi connectivity index (χ0v) is 18.7. The Kier molecular flexibility index (Phi) is 5.42. The minimum Gasteiger partial charge on any atom is -0.369 e. The number of hydrogen-bond acceptors (Lipinski definition) is 6. The summed E-state index contributed by atoms with van der Waals surface area (Å²) in [4.78, 5) is 44.0. The fourth-order valence-corrected chi connectivity index (χ4v) is 5.64. The average Bonchev–Trinajstić information content (AvgIpc) is 3.39. The van der Waals surface area contributed by atoms with Crippen molar-refractivity contribution in [2.24, 2.45) is 11.7 Å². The highest BCUT2D eigenvalue weighted by molar-refractivity contribution is 7.99. The summed E-state index contributed by atoms with van der Waals surface area (Å²) in [5, 5.41) is 5.89. The Balaban J connectivity index is 1.40. The van der Waals surface area contributed by atoms with Gasteiger partial charge < -0.3 is 10.6 Å². The number of primary amides is 1. The molecule has 0 radical (unpaired) electrons. The van der Waals surface area contributed by atoms with Crippen LogP contribution in [0.15, 0.2) is 40.4 Å². The fraction of sp³-hybridized carbons (Fsp3) is 0.381. The Labute approximate surface area is 192 Å². The second kappa shape index (κ2) is 8.25. The minimum atomic E-state index is -0.307. The number of halogens is 1. The number of rotatable bonds is 4. The third-order valence-corrected chi connectivity index (χ3v) is 7.42. The second-order valence-corrected chi connectivity index (χ2v) is 9.49. The quantitative estimate of drug-likeness (QED) is 0.580. The van der Waals surface area contributed by atoms with Gasteiger partial charge in [-0.15, -0.1) is 0 Å². The summed E-state index contributed by atoms with van der Waals surface area (Å²) in [6, 6.07) is 6.92. The van der Waals surface area contributed by atoms with Crippen LogP contribution in [0.5, 0.6) is 0 Å². The van der Waals surface area contributed by atoms with E-state index in [0.29, 0.717) is 52.9 Å². The van der Waals surface area contributed by atoms with Crippen LogP contribution in [0.3, 0.4) is 0 Å². The van der Waals surface area contributed by atoms with E-state index in [1.807, 2.05) is 12.1 Å². The van der Waals surface area contributed by atoms with Crippen LogP contribution >= 0.6 is 23.4 Å². The number of nitrogens with two attached hydrogens (primary N) is 1. The number of piperidine rings is 1. The van der Waals surface area contributed by atoms with Crippen molar-refractivity contribution in [3.8, 4) is 5.69 Å². The molecule has 2 aromatic heterocycles. The maximum Gasteiger partial charge on any atom is 0.265 e. The van der Waals surface area contributed by atoms with Crippen LogP contribution in [-0.2, 0) is 9.59 Å². The first-order chi connectivity index (χ1) is 15.4. The largest absolute Gasteiger partial charge is 0.369 e. The van der Waals surface area contributed by atoms with Crippen LogP contribution in [-0.4, -0.2) is 54.9 Å². The molecule has 2 aliphatic rings. The van der Waals surface area contributed by atoms with Crippen molar-refractivity contribution in [2.75, 3.05) is 18.8 Å². The highest BCUT2D eigenvalue weighted by atomic mass is 35.5. The Bertz CT molecular complexity index is 1280. The van der Waals surface area contributed by atoms with Crippen LogP contribution in [0.25, 0.3) is 16.7 Å². The van der Waals surface area contributed by atoms with Gasteiger partial charge in [0, 0.05) is 36.2 Å². The molecule has 4 heterocycles. The zero-order valence-electron chi connectivity index (χ0n) is 17.1. The highest BCUT2D eigenvalue weighted by Gasteiger charge is 2.32. The third-order valence-electron chi connectivity index (χ3n) is 6.08. The van der Waals surface area contributed by atoms with E-state index in [1.54, 1.807) is 26.3 Å². The van der Waals surface area contributed by atoms with E-state index in [4.69, 9.17) is 17.3 Å². The van der Waals surface area contributed by atoms with Crippen molar-refractivity contribution in [3.05, 3.63) is 45.8 Å². The number of carbonyl (C=O) groups is 2. The summed E-state index contributed by atoms with van der Waals surface area (Å²) in [5.74, 6) is 0.104. The number of hydrogen-bond donors (Lipinski definition) is 1. The van der Waals surface area contributed by atoms with Crippen LogP contribution < -0.4 is 11.3 Å². The number of thioether (sulfide) groups is 1. The normalized spacial score (nSPS) is 18.8. The zero-order chi connectivity index (χ0) is 22.4. The van der Waals surface area contributed by atoms with Crippen molar-refractivity contribution < 1.29 is 9.59 Å². The van der Waals surface area contributed by atoms with Gasteiger partial charge >= 0.3 is 0 Å². The maximum atomic E-state index is 13.3. The molecule has 32 heavy (non-hydrogen) atoms. The minimum absolute atomic E-state index is 0.0204. The molecule has 0 saturated carbocycles. The molecule has 1 fully saturated rings. The Morgan fingerprint density at radius 2 is 2.03 bits per heavy atom. The number of aromatic nitrogens is 4. The molecule has 1 aromatic carbocycles. The molecule has 2 aliphatic heterocycles. The lowest BCUT2D eigenvalue weighted by molar-refractivity contribution is -0.135. The second-order valence-electron chi connectivity index (χ2n) is 8.07. The number of benzene rings is 1. The van der Waals surface area contributed by atoms with E-state index in [2.05, 4.69) is 10.1 Å². The van der Waals surface area contributed by atoms with Gasteiger partial charge in [-0.25, -0.2) is 9.67 Å². The number of nitrogens with zero attached hydrogens (tertiary/aromatic N) is 5. The smallest absolute Gasteiger partial charge is 0.265 e. The van der Waals surface area contributed by atoms with Gasteiger partial charge in [0.05, 0.1) is 17.9 Å². The molecule has 1 saturated heterocycles. The van der Waals surface area contributed by atoms with Gasteiger partial charge in [-0.05, 0) is 31.0 Å². The van der Waals surface area contributed by atoms with Gasteiger partial charge in [0.15, 0.2) is 10.8 Å². The fourth-order valence-electron chi connectivity index (χ4n) is 4.32. The predicted octanol–water partition coefficient (Wildman–Crippen LogP) is 2.00. The molecule has 2 N–H and O–H groups in total. The number of carbonyl (C=O) groups excluding carboxylic acids is 2. The van der Waals surface area contributed by atoms with E-state index in [0.717, 1.165) is 5.69 Å². The number of fused-ring (bicyclic) bond motifs is 2. The van der Waals surface area contributed by atoms with Crippen molar-refractivity contribution in [1.82, 2.24) is 24.2 Å². The first-order valence-corrected chi connectivity index (χ1v) is 11.7. The molecule has 9 nitrogen and oxygen atoms in total. The Morgan fingerprint density at radius 3 is 2.75 bits per heavy atom. The summed E-state index contributed by atoms with van der Waals surface area (Å²) in [5.41, 5.74) is 6.37. The van der Waals surface area contributed by atoms with Crippen molar-refractivity contribution >= 4 is 46.2 Å². The molecular weight excluding hydrogens is 452 g/mol.